The Morgan fingerprint density at radius 3 is 1.88 bits per heavy atom. The molecule has 0 saturated heterocycles. The summed E-state index contributed by atoms with van der Waals surface area (Å²) in [6, 6.07) is 16.2. The fourth-order valence-corrected chi connectivity index (χ4v) is 1.82. The van der Waals surface area contributed by atoms with Crippen molar-refractivity contribution in [3.8, 4) is 0 Å². The summed E-state index contributed by atoms with van der Waals surface area (Å²) in [7, 11) is 0. The van der Waals surface area contributed by atoms with Gasteiger partial charge in [0.1, 0.15) is 0 Å². The van der Waals surface area contributed by atoms with Crippen LogP contribution < -0.4 is 11.5 Å². The molecule has 2 rings (SSSR count). The van der Waals surface area contributed by atoms with Gasteiger partial charge in [0.05, 0.1) is 0 Å². The van der Waals surface area contributed by atoms with Crippen molar-refractivity contribution in [1.82, 2.24) is 0 Å². The predicted octanol–water partition coefficient (Wildman–Crippen LogP) is 2.64. The molecule has 0 aliphatic carbocycles. The first-order valence-corrected chi connectivity index (χ1v) is 5.43. The van der Waals surface area contributed by atoms with Crippen LogP contribution in [0.1, 0.15) is 11.1 Å². The van der Waals surface area contributed by atoms with E-state index in [0.29, 0.717) is 0 Å². The number of hydrogen-bond acceptors (Lipinski definition) is 2. The summed E-state index contributed by atoms with van der Waals surface area (Å²) < 4.78 is 0. The third-order valence-corrected chi connectivity index (χ3v) is 2.58. The molecular formula is C14H16N2. The van der Waals surface area contributed by atoms with Gasteiger partial charge in [-0.15, -0.1) is 0 Å². The van der Waals surface area contributed by atoms with Gasteiger partial charge in [0.2, 0.25) is 0 Å². The third kappa shape index (κ3) is 2.76. The molecule has 0 saturated carbocycles. The maximum atomic E-state index is 5.75. The zero-order valence-electron chi connectivity index (χ0n) is 9.19. The predicted molar refractivity (Wildman–Crippen MR) is 69.1 cm³/mol. The van der Waals surface area contributed by atoms with Crippen LogP contribution in [0.4, 0.5) is 11.4 Å². The Balaban J connectivity index is 2.05. The van der Waals surface area contributed by atoms with E-state index in [1.54, 1.807) is 6.07 Å². The van der Waals surface area contributed by atoms with E-state index in [9.17, 15) is 0 Å². The van der Waals surface area contributed by atoms with Crippen molar-refractivity contribution in [3.05, 3.63) is 59.7 Å². The Hall–Kier alpha value is -1.96. The lowest BCUT2D eigenvalue weighted by atomic mass is 10.0. The highest BCUT2D eigenvalue weighted by molar-refractivity contribution is 5.54. The van der Waals surface area contributed by atoms with E-state index in [2.05, 4.69) is 24.3 Å². The molecular weight excluding hydrogens is 196 g/mol. The van der Waals surface area contributed by atoms with Gasteiger partial charge in [-0.3, -0.25) is 0 Å². The van der Waals surface area contributed by atoms with Crippen molar-refractivity contribution in [2.45, 2.75) is 12.8 Å². The average molecular weight is 212 g/mol. The minimum absolute atomic E-state index is 0.739. The summed E-state index contributed by atoms with van der Waals surface area (Å²) in [5.74, 6) is 0. The largest absolute Gasteiger partial charge is 0.399 e. The van der Waals surface area contributed by atoms with E-state index in [-0.39, 0.29) is 0 Å². The standard InChI is InChI=1S/C14H16N2/c15-13-8-12(9-14(16)10-13)7-6-11-4-2-1-3-5-11/h1-5,8-10H,6-7,15-16H2. The van der Waals surface area contributed by atoms with E-state index >= 15 is 0 Å². The van der Waals surface area contributed by atoms with E-state index in [4.69, 9.17) is 11.5 Å². The van der Waals surface area contributed by atoms with Crippen LogP contribution in [0.2, 0.25) is 0 Å². The van der Waals surface area contributed by atoms with Crippen molar-refractivity contribution >= 4 is 11.4 Å². The molecule has 0 amide bonds. The highest BCUT2D eigenvalue weighted by Gasteiger charge is 1.98. The molecule has 16 heavy (non-hydrogen) atoms. The Morgan fingerprint density at radius 1 is 0.688 bits per heavy atom. The topological polar surface area (TPSA) is 52.0 Å². The Morgan fingerprint density at radius 2 is 1.25 bits per heavy atom. The zero-order valence-corrected chi connectivity index (χ0v) is 9.19. The first-order valence-electron chi connectivity index (χ1n) is 5.43. The molecule has 2 heteroatoms. The fourth-order valence-electron chi connectivity index (χ4n) is 1.82. The van der Waals surface area contributed by atoms with Gasteiger partial charge < -0.3 is 11.5 Å². The van der Waals surface area contributed by atoms with Crippen LogP contribution in [0.15, 0.2) is 48.5 Å². The van der Waals surface area contributed by atoms with Crippen molar-refractivity contribution < 1.29 is 0 Å². The van der Waals surface area contributed by atoms with Gasteiger partial charge in [-0.2, -0.15) is 0 Å². The van der Waals surface area contributed by atoms with Crippen LogP contribution in [-0.2, 0) is 12.8 Å². The zero-order chi connectivity index (χ0) is 11.4. The first kappa shape index (κ1) is 10.6. The number of aryl methyl sites for hydroxylation is 2. The summed E-state index contributed by atoms with van der Waals surface area (Å²) in [6.45, 7) is 0. The molecule has 0 aliphatic rings. The number of nitrogens with two attached hydrogens (primary N) is 2. The molecule has 0 heterocycles. The van der Waals surface area contributed by atoms with Crippen LogP contribution in [0.3, 0.4) is 0 Å². The SMILES string of the molecule is Nc1cc(N)cc(CCc2ccccc2)c1. The summed E-state index contributed by atoms with van der Waals surface area (Å²) >= 11 is 0. The monoisotopic (exact) mass is 212 g/mol. The smallest absolute Gasteiger partial charge is 0.0337 e. The van der Waals surface area contributed by atoms with Gasteiger partial charge in [0, 0.05) is 11.4 Å². The quantitative estimate of drug-likeness (QED) is 0.768. The van der Waals surface area contributed by atoms with Crippen LogP contribution in [0, 0.1) is 0 Å². The number of hydrogen-bond donors (Lipinski definition) is 2. The second-order valence-corrected chi connectivity index (χ2v) is 3.99. The van der Waals surface area contributed by atoms with E-state index in [1.165, 1.54) is 11.1 Å². The van der Waals surface area contributed by atoms with E-state index < -0.39 is 0 Å². The van der Waals surface area contributed by atoms with Crippen molar-refractivity contribution in [1.29, 1.82) is 0 Å². The summed E-state index contributed by atoms with van der Waals surface area (Å²) in [4.78, 5) is 0. The molecule has 0 spiro atoms. The third-order valence-electron chi connectivity index (χ3n) is 2.58. The molecule has 0 aliphatic heterocycles. The molecule has 0 atom stereocenters. The summed E-state index contributed by atoms with van der Waals surface area (Å²) in [5.41, 5.74) is 15.5. The number of benzene rings is 2. The normalized spacial score (nSPS) is 10.2. The average Bonchev–Trinajstić information content (AvgIpc) is 2.27. The first-order chi connectivity index (χ1) is 7.74. The highest BCUT2D eigenvalue weighted by atomic mass is 14.6. The molecule has 0 fully saturated rings. The lowest BCUT2D eigenvalue weighted by Crippen LogP contribution is -1.96. The van der Waals surface area contributed by atoms with Crippen LogP contribution >= 0.6 is 0 Å². The second-order valence-electron chi connectivity index (χ2n) is 3.99. The molecule has 82 valence electrons. The molecule has 0 aromatic heterocycles. The van der Waals surface area contributed by atoms with Crippen molar-refractivity contribution in [2.24, 2.45) is 0 Å². The lowest BCUT2D eigenvalue weighted by molar-refractivity contribution is 0.961. The molecule has 2 nitrogen and oxygen atoms in total. The van der Waals surface area contributed by atoms with Crippen molar-refractivity contribution in [3.63, 3.8) is 0 Å². The highest BCUT2D eigenvalue weighted by Crippen LogP contribution is 2.15. The Bertz CT molecular complexity index is 443. The van der Waals surface area contributed by atoms with E-state index in [1.807, 2.05) is 18.2 Å². The van der Waals surface area contributed by atoms with Crippen LogP contribution in [-0.4, -0.2) is 0 Å². The number of rotatable bonds is 3. The molecule has 4 N–H and O–H groups in total. The van der Waals surface area contributed by atoms with Gasteiger partial charge in [-0.05, 0) is 42.2 Å². The van der Waals surface area contributed by atoms with Gasteiger partial charge in [-0.25, -0.2) is 0 Å². The maximum absolute atomic E-state index is 5.75. The van der Waals surface area contributed by atoms with Crippen LogP contribution in [0.25, 0.3) is 0 Å². The molecule has 0 bridgehead atoms. The Kier molecular flexibility index (Phi) is 3.10. The minimum Gasteiger partial charge on any atom is -0.399 e. The van der Waals surface area contributed by atoms with Crippen LogP contribution in [0.5, 0.6) is 0 Å². The van der Waals surface area contributed by atoms with Crippen molar-refractivity contribution in [2.75, 3.05) is 11.5 Å². The summed E-state index contributed by atoms with van der Waals surface area (Å²) in [6.07, 6.45) is 1.99. The molecule has 2 aromatic carbocycles. The molecule has 0 radical (unpaired) electrons. The Labute approximate surface area is 95.9 Å². The van der Waals surface area contributed by atoms with Gasteiger partial charge in [0.25, 0.3) is 0 Å². The molecule has 0 unspecified atom stereocenters. The number of nitrogen functional groups attached to an aromatic ring is 2. The van der Waals surface area contributed by atoms with Gasteiger partial charge in [-0.1, -0.05) is 30.3 Å². The van der Waals surface area contributed by atoms with E-state index in [0.717, 1.165) is 24.2 Å². The summed E-state index contributed by atoms with van der Waals surface area (Å²) in [5, 5.41) is 0. The molecule has 2 aromatic rings. The number of anilines is 2. The van der Waals surface area contributed by atoms with Gasteiger partial charge in [0.15, 0.2) is 0 Å². The second kappa shape index (κ2) is 4.71. The minimum atomic E-state index is 0.739. The lowest BCUT2D eigenvalue weighted by Gasteiger charge is -2.05. The maximum Gasteiger partial charge on any atom is 0.0337 e. The van der Waals surface area contributed by atoms with Gasteiger partial charge >= 0.3 is 0 Å². The fraction of sp³-hybridized carbons (Fsp3) is 0.143.